The lowest BCUT2D eigenvalue weighted by molar-refractivity contribution is -0.141. The Bertz CT molecular complexity index is 205. The van der Waals surface area contributed by atoms with Crippen LogP contribution in [0.4, 0.5) is 0 Å². The lowest BCUT2D eigenvalue weighted by Crippen LogP contribution is -2.33. The number of hydrogen-bond acceptors (Lipinski definition) is 4. The van der Waals surface area contributed by atoms with Crippen LogP contribution in [-0.4, -0.2) is 48.7 Å². The van der Waals surface area contributed by atoms with Crippen LogP contribution >= 0.6 is 0 Å². The molecular formula is C9H17NO4. The van der Waals surface area contributed by atoms with Gasteiger partial charge in [-0.2, -0.15) is 0 Å². The monoisotopic (exact) mass is 203 g/mol. The van der Waals surface area contributed by atoms with E-state index >= 15 is 0 Å². The van der Waals surface area contributed by atoms with Crippen LogP contribution in [0.5, 0.6) is 0 Å². The van der Waals surface area contributed by atoms with Crippen molar-refractivity contribution in [3.8, 4) is 0 Å². The molecule has 0 bridgehead atoms. The minimum absolute atomic E-state index is 0.0721. The van der Waals surface area contributed by atoms with Crippen molar-refractivity contribution >= 4 is 11.9 Å². The molecule has 0 aliphatic carbocycles. The van der Waals surface area contributed by atoms with Crippen molar-refractivity contribution < 1.29 is 19.4 Å². The zero-order chi connectivity index (χ0) is 11.1. The van der Waals surface area contributed by atoms with Gasteiger partial charge < -0.3 is 14.7 Å². The highest BCUT2D eigenvalue weighted by Gasteiger charge is 2.13. The van der Waals surface area contributed by atoms with Gasteiger partial charge in [0.1, 0.15) is 0 Å². The standard InChI is InChI=1S/C9H17NO4/c1-7(6-8(11)12)10(2)5-4-9(13)14-3/h7H,4-6H2,1-3H3,(H,11,12). The van der Waals surface area contributed by atoms with Crippen LogP contribution in [-0.2, 0) is 14.3 Å². The van der Waals surface area contributed by atoms with E-state index in [0.717, 1.165) is 0 Å². The Morgan fingerprint density at radius 3 is 2.50 bits per heavy atom. The van der Waals surface area contributed by atoms with Crippen molar-refractivity contribution in [3.63, 3.8) is 0 Å². The van der Waals surface area contributed by atoms with Gasteiger partial charge in [0.2, 0.25) is 0 Å². The second-order valence-corrected chi connectivity index (χ2v) is 3.25. The van der Waals surface area contributed by atoms with Gasteiger partial charge in [-0.05, 0) is 14.0 Å². The van der Waals surface area contributed by atoms with E-state index in [9.17, 15) is 9.59 Å². The molecule has 0 heterocycles. The Kier molecular flexibility index (Phi) is 5.87. The molecule has 0 fully saturated rings. The average molecular weight is 203 g/mol. The summed E-state index contributed by atoms with van der Waals surface area (Å²) in [5.74, 6) is -1.11. The lowest BCUT2D eigenvalue weighted by Gasteiger charge is -2.22. The number of rotatable bonds is 6. The Morgan fingerprint density at radius 2 is 2.07 bits per heavy atom. The Hall–Kier alpha value is -1.10. The van der Waals surface area contributed by atoms with E-state index in [1.807, 2.05) is 11.8 Å². The molecule has 0 aromatic rings. The van der Waals surface area contributed by atoms with Crippen molar-refractivity contribution in [3.05, 3.63) is 0 Å². The molecule has 5 nitrogen and oxygen atoms in total. The van der Waals surface area contributed by atoms with Gasteiger partial charge in [-0.3, -0.25) is 9.59 Å². The Balaban J connectivity index is 3.77. The fourth-order valence-electron chi connectivity index (χ4n) is 0.999. The summed E-state index contributed by atoms with van der Waals surface area (Å²) in [6, 6.07) is -0.0721. The topological polar surface area (TPSA) is 66.8 Å². The molecule has 1 unspecified atom stereocenters. The molecule has 82 valence electrons. The zero-order valence-electron chi connectivity index (χ0n) is 8.82. The van der Waals surface area contributed by atoms with E-state index < -0.39 is 5.97 Å². The minimum Gasteiger partial charge on any atom is -0.481 e. The van der Waals surface area contributed by atoms with E-state index in [1.165, 1.54) is 7.11 Å². The maximum atomic E-state index is 10.8. The van der Waals surface area contributed by atoms with E-state index in [-0.39, 0.29) is 24.9 Å². The van der Waals surface area contributed by atoms with Gasteiger partial charge in [-0.25, -0.2) is 0 Å². The molecule has 0 aromatic carbocycles. The normalized spacial score (nSPS) is 12.6. The number of nitrogens with zero attached hydrogens (tertiary/aromatic N) is 1. The smallest absolute Gasteiger partial charge is 0.306 e. The molecule has 0 saturated carbocycles. The van der Waals surface area contributed by atoms with E-state index in [4.69, 9.17) is 5.11 Å². The molecule has 0 spiro atoms. The second-order valence-electron chi connectivity index (χ2n) is 3.25. The highest BCUT2D eigenvalue weighted by molar-refractivity contribution is 5.69. The number of methoxy groups -OCH3 is 1. The molecule has 14 heavy (non-hydrogen) atoms. The first kappa shape index (κ1) is 12.9. The first-order chi connectivity index (χ1) is 6.47. The minimum atomic E-state index is -0.831. The second kappa shape index (κ2) is 6.37. The summed E-state index contributed by atoms with van der Waals surface area (Å²) in [7, 11) is 3.12. The number of aliphatic carboxylic acids is 1. The summed E-state index contributed by atoms with van der Waals surface area (Å²) < 4.78 is 4.48. The van der Waals surface area contributed by atoms with Gasteiger partial charge >= 0.3 is 11.9 Å². The van der Waals surface area contributed by atoms with Crippen LogP contribution in [0, 0.1) is 0 Å². The lowest BCUT2D eigenvalue weighted by atomic mass is 10.2. The van der Waals surface area contributed by atoms with Crippen molar-refractivity contribution in [1.82, 2.24) is 4.90 Å². The molecule has 5 heteroatoms. The van der Waals surface area contributed by atoms with Gasteiger partial charge in [0.25, 0.3) is 0 Å². The van der Waals surface area contributed by atoms with Crippen LogP contribution in [0.2, 0.25) is 0 Å². The molecule has 0 rings (SSSR count). The maximum Gasteiger partial charge on any atom is 0.306 e. The Morgan fingerprint density at radius 1 is 1.50 bits per heavy atom. The van der Waals surface area contributed by atoms with E-state index in [2.05, 4.69) is 4.74 Å². The van der Waals surface area contributed by atoms with Gasteiger partial charge in [-0.15, -0.1) is 0 Å². The van der Waals surface area contributed by atoms with Crippen LogP contribution in [0.3, 0.4) is 0 Å². The number of carboxylic acid groups (broad SMARTS) is 1. The quantitative estimate of drug-likeness (QED) is 0.631. The summed E-state index contributed by atoms with van der Waals surface area (Å²) in [4.78, 5) is 23.0. The third-order valence-electron chi connectivity index (χ3n) is 2.12. The van der Waals surface area contributed by atoms with Crippen LogP contribution in [0.25, 0.3) is 0 Å². The summed E-state index contributed by atoms with van der Waals surface area (Å²) >= 11 is 0. The average Bonchev–Trinajstić information content (AvgIpc) is 2.12. The van der Waals surface area contributed by atoms with Crippen molar-refractivity contribution in [2.45, 2.75) is 25.8 Å². The number of ether oxygens (including phenoxy) is 1. The molecule has 0 amide bonds. The number of esters is 1. The number of carbonyl (C=O) groups is 2. The van der Waals surface area contributed by atoms with Gasteiger partial charge in [-0.1, -0.05) is 0 Å². The highest BCUT2D eigenvalue weighted by Crippen LogP contribution is 2.02. The van der Waals surface area contributed by atoms with Gasteiger partial charge in [0.05, 0.1) is 20.0 Å². The number of carbonyl (C=O) groups excluding carboxylic acids is 1. The van der Waals surface area contributed by atoms with Crippen LogP contribution < -0.4 is 0 Å². The van der Waals surface area contributed by atoms with Crippen LogP contribution in [0.1, 0.15) is 19.8 Å². The first-order valence-corrected chi connectivity index (χ1v) is 4.46. The fraction of sp³-hybridized carbons (Fsp3) is 0.778. The summed E-state index contributed by atoms with van der Waals surface area (Å²) in [6.45, 7) is 2.33. The molecule has 0 radical (unpaired) electrons. The SMILES string of the molecule is COC(=O)CCN(C)C(C)CC(=O)O. The maximum absolute atomic E-state index is 10.8. The molecule has 0 aromatic heterocycles. The van der Waals surface area contributed by atoms with Crippen molar-refractivity contribution in [2.75, 3.05) is 20.7 Å². The van der Waals surface area contributed by atoms with Gasteiger partial charge in [0, 0.05) is 12.6 Å². The predicted octanol–water partition coefficient (Wildman–Crippen LogP) is 0.344. The highest BCUT2D eigenvalue weighted by atomic mass is 16.5. The molecular weight excluding hydrogens is 186 g/mol. The molecule has 0 aliphatic heterocycles. The summed E-state index contributed by atoms with van der Waals surface area (Å²) in [5.41, 5.74) is 0. The number of carboxylic acids is 1. The predicted molar refractivity (Wildman–Crippen MR) is 51.0 cm³/mol. The summed E-state index contributed by atoms with van der Waals surface area (Å²) in [6.07, 6.45) is 0.370. The number of hydrogen-bond donors (Lipinski definition) is 1. The molecule has 0 saturated heterocycles. The first-order valence-electron chi connectivity index (χ1n) is 4.46. The third kappa shape index (κ3) is 5.53. The Labute approximate surface area is 83.6 Å². The van der Waals surface area contributed by atoms with Crippen molar-refractivity contribution in [1.29, 1.82) is 0 Å². The molecule has 1 N–H and O–H groups in total. The fourth-order valence-corrected chi connectivity index (χ4v) is 0.999. The third-order valence-corrected chi connectivity index (χ3v) is 2.12. The molecule has 1 atom stereocenters. The largest absolute Gasteiger partial charge is 0.481 e. The van der Waals surface area contributed by atoms with Crippen LogP contribution in [0.15, 0.2) is 0 Å². The zero-order valence-corrected chi connectivity index (χ0v) is 8.82. The van der Waals surface area contributed by atoms with E-state index in [1.54, 1.807) is 7.05 Å². The van der Waals surface area contributed by atoms with E-state index in [0.29, 0.717) is 6.54 Å². The summed E-state index contributed by atoms with van der Waals surface area (Å²) in [5, 5.41) is 8.54. The van der Waals surface area contributed by atoms with Crippen molar-refractivity contribution in [2.24, 2.45) is 0 Å². The molecule has 0 aliphatic rings. The van der Waals surface area contributed by atoms with Gasteiger partial charge in [0.15, 0.2) is 0 Å².